The van der Waals surface area contributed by atoms with Gasteiger partial charge in [-0.15, -0.1) is 0 Å². The fourth-order valence-electron chi connectivity index (χ4n) is 1.37. The summed E-state index contributed by atoms with van der Waals surface area (Å²) in [7, 11) is 0. The number of hydrogen-bond acceptors (Lipinski definition) is 6. The fourth-order valence-corrected chi connectivity index (χ4v) is 1.37. The zero-order valence-corrected chi connectivity index (χ0v) is 9.24. The Morgan fingerprint density at radius 1 is 1.44 bits per heavy atom. The van der Waals surface area contributed by atoms with Crippen LogP contribution in [0.3, 0.4) is 0 Å². The van der Waals surface area contributed by atoms with E-state index >= 15 is 0 Å². The second-order valence-electron chi connectivity index (χ2n) is 3.53. The molecule has 0 saturated carbocycles. The number of esters is 1. The third-order valence-electron chi connectivity index (χ3n) is 2.28. The molecule has 0 fully saturated rings. The van der Waals surface area contributed by atoms with Gasteiger partial charge in [-0.1, -0.05) is 6.08 Å². The van der Waals surface area contributed by atoms with Gasteiger partial charge in [-0.05, 0) is 12.1 Å². The predicted octanol–water partition coefficient (Wildman–Crippen LogP) is 1.31. The maximum absolute atomic E-state index is 11.6. The van der Waals surface area contributed by atoms with E-state index in [0.29, 0.717) is 6.42 Å². The number of nitro groups is 1. The van der Waals surface area contributed by atoms with Crippen molar-refractivity contribution in [2.75, 3.05) is 0 Å². The molecule has 0 spiro atoms. The van der Waals surface area contributed by atoms with Crippen molar-refractivity contribution in [1.82, 2.24) is 5.48 Å². The maximum Gasteiger partial charge on any atom is 0.343 e. The summed E-state index contributed by atoms with van der Waals surface area (Å²) >= 11 is 0. The molecule has 0 aliphatic carbocycles. The number of hydroxylamine groups is 1. The number of ether oxygens (including phenoxy) is 1. The number of carbonyl (C=O) groups excluding carboxylic acids is 1. The Balaban J connectivity index is 1.98. The maximum atomic E-state index is 11.6. The first kappa shape index (κ1) is 12.1. The largest absolute Gasteiger partial charge is 0.425 e. The van der Waals surface area contributed by atoms with Gasteiger partial charge >= 0.3 is 5.97 Å². The highest BCUT2D eigenvalue weighted by Crippen LogP contribution is 2.18. The fraction of sp³-hybridized carbons (Fsp3) is 0.182. The van der Waals surface area contributed by atoms with Crippen LogP contribution >= 0.6 is 0 Å². The molecule has 1 N–H and O–H groups in total. The van der Waals surface area contributed by atoms with E-state index in [4.69, 9.17) is 9.57 Å². The van der Waals surface area contributed by atoms with Crippen LogP contribution in [-0.2, 0) is 9.63 Å². The van der Waals surface area contributed by atoms with Gasteiger partial charge in [0.05, 0.1) is 4.92 Å². The van der Waals surface area contributed by atoms with Crippen LogP contribution in [-0.4, -0.2) is 17.0 Å². The molecule has 18 heavy (non-hydrogen) atoms. The normalized spacial score (nSPS) is 17.9. The molecule has 7 nitrogen and oxygen atoms in total. The molecular formula is C11H10N2O5. The van der Waals surface area contributed by atoms with Crippen LogP contribution in [0.2, 0.25) is 0 Å². The van der Waals surface area contributed by atoms with Crippen molar-refractivity contribution >= 4 is 11.7 Å². The Morgan fingerprint density at radius 2 is 2.17 bits per heavy atom. The first-order chi connectivity index (χ1) is 8.66. The lowest BCUT2D eigenvalue weighted by atomic mass is 10.2. The van der Waals surface area contributed by atoms with Crippen LogP contribution in [0, 0.1) is 10.1 Å². The van der Waals surface area contributed by atoms with Crippen molar-refractivity contribution in [2.24, 2.45) is 0 Å². The van der Waals surface area contributed by atoms with E-state index in [1.54, 1.807) is 12.3 Å². The second kappa shape index (κ2) is 5.28. The van der Waals surface area contributed by atoms with Gasteiger partial charge in [0.15, 0.2) is 6.10 Å². The van der Waals surface area contributed by atoms with Crippen molar-refractivity contribution in [3.05, 3.63) is 46.7 Å². The van der Waals surface area contributed by atoms with E-state index in [0.717, 1.165) is 0 Å². The van der Waals surface area contributed by atoms with E-state index in [2.05, 4.69) is 5.48 Å². The topological polar surface area (TPSA) is 90.7 Å². The molecule has 2 rings (SSSR count). The monoisotopic (exact) mass is 250 g/mol. The first-order valence-corrected chi connectivity index (χ1v) is 5.19. The van der Waals surface area contributed by atoms with Gasteiger partial charge in [0, 0.05) is 24.8 Å². The van der Waals surface area contributed by atoms with Gasteiger partial charge in [0.1, 0.15) is 5.75 Å². The van der Waals surface area contributed by atoms with Gasteiger partial charge < -0.3 is 4.74 Å². The van der Waals surface area contributed by atoms with Gasteiger partial charge in [0.25, 0.3) is 5.69 Å². The molecule has 0 radical (unpaired) electrons. The van der Waals surface area contributed by atoms with Crippen molar-refractivity contribution in [3.63, 3.8) is 0 Å². The number of nitro benzene ring substituents is 1. The summed E-state index contributed by atoms with van der Waals surface area (Å²) in [6.07, 6.45) is 3.02. The number of carbonyl (C=O) groups is 1. The lowest BCUT2D eigenvalue weighted by Crippen LogP contribution is -2.34. The van der Waals surface area contributed by atoms with Crippen molar-refractivity contribution in [2.45, 2.75) is 12.5 Å². The lowest BCUT2D eigenvalue weighted by molar-refractivity contribution is -0.384. The van der Waals surface area contributed by atoms with Gasteiger partial charge in [-0.3, -0.25) is 20.4 Å². The number of rotatable bonds is 3. The number of hydrogen-bond donors (Lipinski definition) is 1. The standard InChI is InChI=1S/C11H10N2O5/c14-11(10-2-1-7-12-18-10)17-9-5-3-8(4-6-9)13(15)16/h1,3-7,10,12H,2H2. The van der Waals surface area contributed by atoms with E-state index in [-0.39, 0.29) is 11.4 Å². The lowest BCUT2D eigenvalue weighted by Gasteiger charge is -2.17. The minimum atomic E-state index is -0.717. The molecule has 1 aliphatic rings. The molecule has 7 heteroatoms. The molecular weight excluding hydrogens is 240 g/mol. The highest BCUT2D eigenvalue weighted by Gasteiger charge is 2.22. The molecule has 1 unspecified atom stereocenters. The SMILES string of the molecule is O=C(Oc1ccc([N+](=O)[O-])cc1)C1CC=CNO1. The summed E-state index contributed by atoms with van der Waals surface area (Å²) in [5.41, 5.74) is 2.39. The third kappa shape index (κ3) is 2.83. The number of non-ortho nitro benzene ring substituents is 1. The molecule has 94 valence electrons. The summed E-state index contributed by atoms with van der Waals surface area (Å²) in [6.45, 7) is 0. The van der Waals surface area contributed by atoms with Gasteiger partial charge in [-0.25, -0.2) is 4.79 Å². The van der Waals surface area contributed by atoms with Crippen LogP contribution in [0.1, 0.15) is 6.42 Å². The van der Waals surface area contributed by atoms with E-state index < -0.39 is 17.0 Å². The summed E-state index contributed by atoms with van der Waals surface area (Å²) in [5, 5.41) is 10.4. The van der Waals surface area contributed by atoms with Crippen molar-refractivity contribution in [1.29, 1.82) is 0 Å². The van der Waals surface area contributed by atoms with Crippen molar-refractivity contribution < 1.29 is 19.3 Å². The quantitative estimate of drug-likeness (QED) is 0.376. The Hall–Kier alpha value is -2.41. The van der Waals surface area contributed by atoms with Gasteiger partial charge in [-0.2, -0.15) is 0 Å². The molecule has 0 bridgehead atoms. The zero-order valence-electron chi connectivity index (χ0n) is 9.24. The molecule has 1 atom stereocenters. The minimum absolute atomic E-state index is 0.0617. The molecule has 0 amide bonds. The van der Waals surface area contributed by atoms with Gasteiger partial charge in [0.2, 0.25) is 0 Å². The molecule has 0 saturated heterocycles. The summed E-state index contributed by atoms with van der Waals surface area (Å²) in [5.74, 6) is -0.315. The molecule has 1 heterocycles. The summed E-state index contributed by atoms with van der Waals surface area (Å²) in [6, 6.07) is 5.26. The molecule has 1 aromatic carbocycles. The highest BCUT2D eigenvalue weighted by molar-refractivity contribution is 5.77. The smallest absolute Gasteiger partial charge is 0.343 e. The molecule has 1 aromatic rings. The number of benzene rings is 1. The Morgan fingerprint density at radius 3 is 2.72 bits per heavy atom. The summed E-state index contributed by atoms with van der Waals surface area (Å²) < 4.78 is 5.03. The number of nitrogens with one attached hydrogen (secondary N) is 1. The third-order valence-corrected chi connectivity index (χ3v) is 2.28. The van der Waals surface area contributed by atoms with E-state index in [1.807, 2.05) is 0 Å². The number of nitrogens with zero attached hydrogens (tertiary/aromatic N) is 1. The second-order valence-corrected chi connectivity index (χ2v) is 3.53. The van der Waals surface area contributed by atoms with Crippen LogP contribution < -0.4 is 10.2 Å². The average Bonchev–Trinajstić information content (AvgIpc) is 2.40. The van der Waals surface area contributed by atoms with E-state index in [1.165, 1.54) is 24.3 Å². The highest BCUT2D eigenvalue weighted by atomic mass is 16.7. The van der Waals surface area contributed by atoms with Crippen molar-refractivity contribution in [3.8, 4) is 5.75 Å². The van der Waals surface area contributed by atoms with Crippen LogP contribution in [0.25, 0.3) is 0 Å². The minimum Gasteiger partial charge on any atom is -0.425 e. The van der Waals surface area contributed by atoms with E-state index in [9.17, 15) is 14.9 Å². The Bertz CT molecular complexity index is 483. The summed E-state index contributed by atoms with van der Waals surface area (Å²) in [4.78, 5) is 26.5. The Kier molecular flexibility index (Phi) is 3.54. The average molecular weight is 250 g/mol. The zero-order chi connectivity index (χ0) is 13.0. The predicted molar refractivity (Wildman–Crippen MR) is 60.5 cm³/mol. The molecule has 0 aromatic heterocycles. The first-order valence-electron chi connectivity index (χ1n) is 5.19. The Labute approximate surface area is 102 Å². The molecule has 1 aliphatic heterocycles. The van der Waals surface area contributed by atoms with Crippen LogP contribution in [0.4, 0.5) is 5.69 Å². The van der Waals surface area contributed by atoms with Crippen LogP contribution in [0.15, 0.2) is 36.5 Å². The van der Waals surface area contributed by atoms with Crippen LogP contribution in [0.5, 0.6) is 5.75 Å².